The van der Waals surface area contributed by atoms with Gasteiger partial charge in [0.2, 0.25) is 5.91 Å². The number of aromatic nitrogens is 3. The SMILES string of the molecule is CC(C)c1ccc(OCc2nnc(SCC(=O)NC3CCCC3)n2C)cc1. The number of rotatable bonds is 8. The van der Waals surface area contributed by atoms with E-state index in [1.165, 1.54) is 30.2 Å². The highest BCUT2D eigenvalue weighted by atomic mass is 32.2. The van der Waals surface area contributed by atoms with Gasteiger partial charge in [0.1, 0.15) is 12.4 Å². The van der Waals surface area contributed by atoms with Gasteiger partial charge in [-0.3, -0.25) is 4.79 Å². The van der Waals surface area contributed by atoms with E-state index in [2.05, 4.69) is 41.5 Å². The number of hydrogen-bond acceptors (Lipinski definition) is 5. The topological polar surface area (TPSA) is 69.0 Å². The average molecular weight is 389 g/mol. The van der Waals surface area contributed by atoms with Crippen molar-refractivity contribution in [2.45, 2.75) is 63.3 Å². The third-order valence-electron chi connectivity index (χ3n) is 4.89. The number of carbonyl (C=O) groups excluding carboxylic acids is 1. The van der Waals surface area contributed by atoms with Crippen LogP contribution in [0.4, 0.5) is 0 Å². The van der Waals surface area contributed by atoms with Crippen LogP contribution < -0.4 is 10.1 Å². The molecule has 0 unspecified atom stereocenters. The average Bonchev–Trinajstić information content (AvgIpc) is 3.28. The second-order valence-corrected chi connectivity index (χ2v) is 8.25. The van der Waals surface area contributed by atoms with E-state index in [4.69, 9.17) is 4.74 Å². The molecule has 2 aromatic rings. The third kappa shape index (κ3) is 5.48. The Morgan fingerprint density at radius 1 is 1.26 bits per heavy atom. The molecular formula is C20H28N4O2S. The number of hydrogen-bond donors (Lipinski definition) is 1. The second-order valence-electron chi connectivity index (χ2n) is 7.31. The van der Waals surface area contributed by atoms with Crippen LogP contribution in [-0.2, 0) is 18.4 Å². The van der Waals surface area contributed by atoms with Crippen LogP contribution in [0.1, 0.15) is 56.8 Å². The number of benzene rings is 1. The van der Waals surface area contributed by atoms with Crippen LogP contribution in [-0.4, -0.2) is 32.5 Å². The van der Waals surface area contributed by atoms with Crippen molar-refractivity contribution < 1.29 is 9.53 Å². The maximum Gasteiger partial charge on any atom is 0.230 e. The molecule has 27 heavy (non-hydrogen) atoms. The highest BCUT2D eigenvalue weighted by Gasteiger charge is 2.18. The van der Waals surface area contributed by atoms with E-state index in [1.807, 2.05) is 23.7 Å². The van der Waals surface area contributed by atoms with E-state index >= 15 is 0 Å². The van der Waals surface area contributed by atoms with Gasteiger partial charge < -0.3 is 14.6 Å². The maximum absolute atomic E-state index is 12.1. The van der Waals surface area contributed by atoms with Gasteiger partial charge in [0.25, 0.3) is 0 Å². The molecule has 1 fully saturated rings. The third-order valence-corrected chi connectivity index (χ3v) is 5.91. The summed E-state index contributed by atoms with van der Waals surface area (Å²) in [4.78, 5) is 12.1. The van der Waals surface area contributed by atoms with Crippen LogP contribution in [0.25, 0.3) is 0 Å². The van der Waals surface area contributed by atoms with Gasteiger partial charge in [-0.05, 0) is 36.5 Å². The Kier molecular flexibility index (Phi) is 6.77. The van der Waals surface area contributed by atoms with Crippen LogP contribution in [0, 0.1) is 0 Å². The van der Waals surface area contributed by atoms with Gasteiger partial charge in [-0.15, -0.1) is 10.2 Å². The minimum atomic E-state index is 0.0675. The fraction of sp³-hybridized carbons (Fsp3) is 0.550. The molecule has 0 aliphatic heterocycles. The summed E-state index contributed by atoms with van der Waals surface area (Å²) in [6.45, 7) is 4.69. The Morgan fingerprint density at radius 2 is 1.96 bits per heavy atom. The molecule has 6 nitrogen and oxygen atoms in total. The zero-order valence-electron chi connectivity index (χ0n) is 16.3. The Bertz CT molecular complexity index is 752. The molecule has 0 radical (unpaired) electrons. The summed E-state index contributed by atoms with van der Waals surface area (Å²) in [5.41, 5.74) is 1.29. The monoisotopic (exact) mass is 388 g/mol. The van der Waals surface area contributed by atoms with Crippen LogP contribution in [0.2, 0.25) is 0 Å². The molecule has 0 bridgehead atoms. The zero-order valence-corrected chi connectivity index (χ0v) is 17.1. The van der Waals surface area contributed by atoms with Gasteiger partial charge in [-0.25, -0.2) is 0 Å². The second kappa shape index (κ2) is 9.26. The molecule has 0 saturated heterocycles. The molecule has 0 atom stereocenters. The van der Waals surface area contributed by atoms with E-state index in [1.54, 1.807) is 0 Å². The van der Waals surface area contributed by atoms with Crippen molar-refractivity contribution in [3.05, 3.63) is 35.7 Å². The smallest absolute Gasteiger partial charge is 0.230 e. The molecule has 1 aromatic carbocycles. The number of amides is 1. The summed E-state index contributed by atoms with van der Waals surface area (Å²) in [6.07, 6.45) is 4.62. The highest BCUT2D eigenvalue weighted by molar-refractivity contribution is 7.99. The zero-order chi connectivity index (χ0) is 19.2. The van der Waals surface area contributed by atoms with Crippen molar-refractivity contribution in [1.82, 2.24) is 20.1 Å². The van der Waals surface area contributed by atoms with Crippen molar-refractivity contribution in [1.29, 1.82) is 0 Å². The molecule has 1 N–H and O–H groups in total. The van der Waals surface area contributed by atoms with E-state index in [9.17, 15) is 4.79 Å². The van der Waals surface area contributed by atoms with Crippen molar-refractivity contribution in [2.75, 3.05) is 5.75 Å². The molecule has 1 aliphatic rings. The molecule has 146 valence electrons. The lowest BCUT2D eigenvalue weighted by molar-refractivity contribution is -0.119. The number of thioether (sulfide) groups is 1. The molecule has 0 spiro atoms. The summed E-state index contributed by atoms with van der Waals surface area (Å²) in [5.74, 6) is 2.48. The molecule has 3 rings (SSSR count). The first-order valence-corrected chi connectivity index (χ1v) is 10.5. The molecule has 1 aromatic heterocycles. The quantitative estimate of drug-likeness (QED) is 0.699. The molecule has 7 heteroatoms. The van der Waals surface area contributed by atoms with E-state index in [0.717, 1.165) is 29.6 Å². The first kappa shape index (κ1) is 19.7. The Morgan fingerprint density at radius 3 is 2.63 bits per heavy atom. The molecule has 1 saturated carbocycles. The van der Waals surface area contributed by atoms with Gasteiger partial charge in [-0.1, -0.05) is 50.6 Å². The van der Waals surface area contributed by atoms with Crippen molar-refractivity contribution in [2.24, 2.45) is 7.05 Å². The predicted molar refractivity (Wildman–Crippen MR) is 107 cm³/mol. The minimum absolute atomic E-state index is 0.0675. The summed E-state index contributed by atoms with van der Waals surface area (Å²) in [6, 6.07) is 8.48. The summed E-state index contributed by atoms with van der Waals surface area (Å²) in [5, 5.41) is 12.2. The maximum atomic E-state index is 12.1. The standard InChI is InChI=1S/C20H28N4O2S/c1-14(2)15-8-10-17(11-9-15)26-12-18-22-23-20(24(18)3)27-13-19(25)21-16-6-4-5-7-16/h8-11,14,16H,4-7,12-13H2,1-3H3,(H,21,25). The van der Waals surface area contributed by atoms with Gasteiger partial charge in [0, 0.05) is 13.1 Å². The Balaban J connectivity index is 1.48. The molecule has 1 aliphatic carbocycles. The van der Waals surface area contributed by atoms with Gasteiger partial charge in [0.05, 0.1) is 5.75 Å². The normalized spacial score (nSPS) is 14.7. The van der Waals surface area contributed by atoms with Gasteiger partial charge in [-0.2, -0.15) is 0 Å². The first-order chi connectivity index (χ1) is 13.0. The fourth-order valence-corrected chi connectivity index (χ4v) is 3.90. The largest absolute Gasteiger partial charge is 0.486 e. The molecule has 1 amide bonds. The van der Waals surface area contributed by atoms with Crippen molar-refractivity contribution in [3.63, 3.8) is 0 Å². The molecular weight excluding hydrogens is 360 g/mol. The van der Waals surface area contributed by atoms with Crippen LogP contribution in [0.5, 0.6) is 5.75 Å². The van der Waals surface area contributed by atoms with E-state index in [0.29, 0.717) is 24.3 Å². The lowest BCUT2D eigenvalue weighted by atomic mass is 10.0. The van der Waals surface area contributed by atoms with Crippen LogP contribution in [0.3, 0.4) is 0 Å². The van der Waals surface area contributed by atoms with Crippen molar-refractivity contribution >= 4 is 17.7 Å². The summed E-state index contributed by atoms with van der Waals surface area (Å²) < 4.78 is 7.71. The van der Waals surface area contributed by atoms with E-state index in [-0.39, 0.29) is 5.91 Å². The van der Waals surface area contributed by atoms with E-state index < -0.39 is 0 Å². The first-order valence-electron chi connectivity index (χ1n) is 9.56. The van der Waals surface area contributed by atoms with Crippen LogP contribution in [0.15, 0.2) is 29.4 Å². The summed E-state index contributed by atoms with van der Waals surface area (Å²) in [7, 11) is 1.90. The summed E-state index contributed by atoms with van der Waals surface area (Å²) >= 11 is 1.41. The van der Waals surface area contributed by atoms with Gasteiger partial charge >= 0.3 is 0 Å². The number of carbonyl (C=O) groups is 1. The minimum Gasteiger partial charge on any atom is -0.486 e. The fourth-order valence-electron chi connectivity index (χ4n) is 3.16. The number of ether oxygens (including phenoxy) is 1. The number of nitrogens with zero attached hydrogens (tertiary/aromatic N) is 3. The Hall–Kier alpha value is -2.02. The number of nitrogens with one attached hydrogen (secondary N) is 1. The lowest BCUT2D eigenvalue weighted by Crippen LogP contribution is -2.33. The van der Waals surface area contributed by atoms with Crippen LogP contribution >= 0.6 is 11.8 Å². The Labute approximate surface area is 165 Å². The van der Waals surface area contributed by atoms with Gasteiger partial charge in [0.15, 0.2) is 11.0 Å². The predicted octanol–water partition coefficient (Wildman–Crippen LogP) is 3.67. The lowest BCUT2D eigenvalue weighted by Gasteiger charge is -2.11. The molecule has 1 heterocycles. The highest BCUT2D eigenvalue weighted by Crippen LogP contribution is 2.21. The van der Waals surface area contributed by atoms with Crippen molar-refractivity contribution in [3.8, 4) is 5.75 Å².